The van der Waals surface area contributed by atoms with Crippen LogP contribution in [0.25, 0.3) is 0 Å². The standard InChI is InChI=1S/C17H24N4O2/c22-16(19-14-3-4-15-13(9-14)10-18-20-15)11-5-7-21(8-6-11)17(23)12-1-2-12/h10-12,14H,1-9H2,(H,18,20)(H,19,22). The average Bonchev–Trinajstić information content (AvgIpc) is 3.32. The van der Waals surface area contributed by atoms with E-state index in [1.165, 1.54) is 11.3 Å². The highest BCUT2D eigenvalue weighted by Crippen LogP contribution is 2.32. The van der Waals surface area contributed by atoms with Crippen molar-refractivity contribution in [1.29, 1.82) is 0 Å². The Morgan fingerprint density at radius 2 is 1.91 bits per heavy atom. The number of amides is 2. The van der Waals surface area contributed by atoms with Gasteiger partial charge in [0.1, 0.15) is 0 Å². The molecule has 2 aliphatic carbocycles. The van der Waals surface area contributed by atoms with Crippen LogP contribution >= 0.6 is 0 Å². The summed E-state index contributed by atoms with van der Waals surface area (Å²) in [6.45, 7) is 1.48. The summed E-state index contributed by atoms with van der Waals surface area (Å²) in [5.41, 5.74) is 2.44. The fourth-order valence-electron chi connectivity index (χ4n) is 3.81. The van der Waals surface area contributed by atoms with Gasteiger partial charge in [-0.15, -0.1) is 0 Å². The first-order chi connectivity index (χ1) is 11.2. The zero-order valence-corrected chi connectivity index (χ0v) is 13.4. The zero-order chi connectivity index (χ0) is 15.8. The highest BCUT2D eigenvalue weighted by molar-refractivity contribution is 5.82. The van der Waals surface area contributed by atoms with Crippen molar-refractivity contribution in [2.45, 2.75) is 51.0 Å². The number of nitrogens with one attached hydrogen (secondary N) is 2. The largest absolute Gasteiger partial charge is 0.353 e. The molecule has 1 atom stereocenters. The molecule has 124 valence electrons. The van der Waals surface area contributed by atoms with Gasteiger partial charge in [-0.2, -0.15) is 5.10 Å². The summed E-state index contributed by atoms with van der Waals surface area (Å²) in [4.78, 5) is 26.5. The highest BCUT2D eigenvalue weighted by atomic mass is 16.2. The normalized spacial score (nSPS) is 25.0. The summed E-state index contributed by atoms with van der Waals surface area (Å²) in [6.07, 6.45) is 8.37. The summed E-state index contributed by atoms with van der Waals surface area (Å²) in [7, 11) is 0. The van der Waals surface area contributed by atoms with Crippen LogP contribution in [-0.4, -0.2) is 46.0 Å². The summed E-state index contributed by atoms with van der Waals surface area (Å²) in [5.74, 6) is 0.819. The first-order valence-electron chi connectivity index (χ1n) is 8.81. The summed E-state index contributed by atoms with van der Waals surface area (Å²) < 4.78 is 0. The number of fused-ring (bicyclic) bond motifs is 1. The Labute approximate surface area is 136 Å². The molecule has 2 amide bonds. The van der Waals surface area contributed by atoms with Crippen molar-refractivity contribution in [2.24, 2.45) is 11.8 Å². The molecular weight excluding hydrogens is 292 g/mol. The Kier molecular flexibility index (Phi) is 3.83. The Bertz CT molecular complexity index is 599. The number of piperidine rings is 1. The quantitative estimate of drug-likeness (QED) is 0.874. The highest BCUT2D eigenvalue weighted by Gasteiger charge is 2.36. The number of H-pyrrole nitrogens is 1. The topological polar surface area (TPSA) is 78.1 Å². The number of nitrogens with zero attached hydrogens (tertiary/aromatic N) is 2. The molecule has 1 saturated carbocycles. The van der Waals surface area contributed by atoms with E-state index in [2.05, 4.69) is 15.5 Å². The van der Waals surface area contributed by atoms with E-state index in [0.29, 0.717) is 5.91 Å². The Morgan fingerprint density at radius 1 is 1.13 bits per heavy atom. The second kappa shape index (κ2) is 5.98. The van der Waals surface area contributed by atoms with Crippen LogP contribution in [0.3, 0.4) is 0 Å². The number of likely N-dealkylation sites (tertiary alicyclic amines) is 1. The molecule has 1 aliphatic heterocycles. The average molecular weight is 316 g/mol. The van der Waals surface area contributed by atoms with Gasteiger partial charge in [-0.25, -0.2) is 0 Å². The fourth-order valence-corrected chi connectivity index (χ4v) is 3.81. The van der Waals surface area contributed by atoms with Crippen LogP contribution in [0.1, 0.15) is 43.4 Å². The lowest BCUT2D eigenvalue weighted by molar-refractivity contribution is -0.136. The fraction of sp³-hybridized carbons (Fsp3) is 0.706. The van der Waals surface area contributed by atoms with Gasteiger partial charge in [0.25, 0.3) is 0 Å². The smallest absolute Gasteiger partial charge is 0.225 e. The molecule has 0 aromatic carbocycles. The van der Waals surface area contributed by atoms with Crippen molar-refractivity contribution in [3.8, 4) is 0 Å². The third-order valence-electron chi connectivity index (χ3n) is 5.47. The predicted octanol–water partition coefficient (Wildman–Crippen LogP) is 1.03. The number of aryl methyl sites for hydroxylation is 1. The molecule has 1 aromatic heterocycles. The third-order valence-corrected chi connectivity index (χ3v) is 5.47. The molecule has 23 heavy (non-hydrogen) atoms. The minimum absolute atomic E-state index is 0.0593. The van der Waals surface area contributed by atoms with E-state index in [1.54, 1.807) is 0 Å². The number of hydrogen-bond donors (Lipinski definition) is 2. The van der Waals surface area contributed by atoms with Gasteiger partial charge in [0, 0.05) is 36.7 Å². The molecule has 6 heteroatoms. The minimum Gasteiger partial charge on any atom is -0.353 e. The molecule has 1 saturated heterocycles. The molecular formula is C17H24N4O2. The lowest BCUT2D eigenvalue weighted by atomic mass is 9.91. The Hall–Kier alpha value is -1.85. The van der Waals surface area contributed by atoms with E-state index >= 15 is 0 Å². The van der Waals surface area contributed by atoms with Crippen LogP contribution in [0.5, 0.6) is 0 Å². The van der Waals surface area contributed by atoms with Gasteiger partial charge < -0.3 is 10.2 Å². The van der Waals surface area contributed by atoms with Gasteiger partial charge in [-0.3, -0.25) is 14.7 Å². The van der Waals surface area contributed by atoms with Crippen LogP contribution in [0.15, 0.2) is 6.20 Å². The first kappa shape index (κ1) is 14.7. The van der Waals surface area contributed by atoms with Crippen molar-refractivity contribution in [2.75, 3.05) is 13.1 Å². The van der Waals surface area contributed by atoms with Gasteiger partial charge in [0.05, 0.1) is 6.20 Å². The van der Waals surface area contributed by atoms with Crippen LogP contribution in [-0.2, 0) is 22.4 Å². The van der Waals surface area contributed by atoms with Gasteiger partial charge in [0.2, 0.25) is 11.8 Å². The maximum absolute atomic E-state index is 12.5. The number of aromatic nitrogens is 2. The second-order valence-corrected chi connectivity index (χ2v) is 7.20. The van der Waals surface area contributed by atoms with Crippen molar-refractivity contribution < 1.29 is 9.59 Å². The van der Waals surface area contributed by atoms with E-state index in [-0.39, 0.29) is 23.8 Å². The van der Waals surface area contributed by atoms with Crippen LogP contribution in [0.4, 0.5) is 0 Å². The van der Waals surface area contributed by atoms with Crippen molar-refractivity contribution >= 4 is 11.8 Å². The van der Waals surface area contributed by atoms with Crippen molar-refractivity contribution in [1.82, 2.24) is 20.4 Å². The maximum Gasteiger partial charge on any atom is 0.225 e. The Balaban J connectivity index is 1.26. The maximum atomic E-state index is 12.5. The van der Waals surface area contributed by atoms with Crippen LogP contribution in [0.2, 0.25) is 0 Å². The molecule has 1 unspecified atom stereocenters. The zero-order valence-electron chi connectivity index (χ0n) is 13.4. The van der Waals surface area contributed by atoms with Crippen molar-refractivity contribution in [3.05, 3.63) is 17.5 Å². The van der Waals surface area contributed by atoms with Crippen LogP contribution in [0, 0.1) is 11.8 Å². The molecule has 1 aromatic rings. The molecule has 0 radical (unpaired) electrons. The van der Waals surface area contributed by atoms with E-state index in [9.17, 15) is 9.59 Å². The van der Waals surface area contributed by atoms with Crippen LogP contribution < -0.4 is 5.32 Å². The molecule has 0 bridgehead atoms. The molecule has 0 spiro atoms. The monoisotopic (exact) mass is 316 g/mol. The second-order valence-electron chi connectivity index (χ2n) is 7.20. The molecule has 3 aliphatic rings. The summed E-state index contributed by atoms with van der Waals surface area (Å²) in [6, 6.07) is 0.221. The van der Waals surface area contributed by atoms with Gasteiger partial charge >= 0.3 is 0 Å². The molecule has 2 N–H and O–H groups in total. The molecule has 6 nitrogen and oxygen atoms in total. The lowest BCUT2D eigenvalue weighted by Gasteiger charge is -2.32. The summed E-state index contributed by atoms with van der Waals surface area (Å²) >= 11 is 0. The van der Waals surface area contributed by atoms with Gasteiger partial charge in [0.15, 0.2) is 0 Å². The number of carbonyl (C=O) groups excluding carboxylic acids is 2. The summed E-state index contributed by atoms with van der Waals surface area (Å²) in [5, 5.41) is 10.3. The Morgan fingerprint density at radius 3 is 2.65 bits per heavy atom. The first-order valence-corrected chi connectivity index (χ1v) is 8.81. The minimum atomic E-state index is 0.0593. The lowest BCUT2D eigenvalue weighted by Crippen LogP contribution is -2.46. The molecule has 2 heterocycles. The van der Waals surface area contributed by atoms with Gasteiger partial charge in [-0.1, -0.05) is 0 Å². The van der Waals surface area contributed by atoms with E-state index in [4.69, 9.17) is 0 Å². The number of hydrogen-bond acceptors (Lipinski definition) is 3. The van der Waals surface area contributed by atoms with Gasteiger partial charge in [-0.05, 0) is 50.5 Å². The number of carbonyl (C=O) groups is 2. The molecule has 2 fully saturated rings. The van der Waals surface area contributed by atoms with E-state index in [0.717, 1.165) is 58.0 Å². The third kappa shape index (κ3) is 3.12. The van der Waals surface area contributed by atoms with E-state index in [1.807, 2.05) is 11.1 Å². The SMILES string of the molecule is O=C(NC1CCc2[nH]ncc2C1)C1CCN(C(=O)C2CC2)CC1. The predicted molar refractivity (Wildman–Crippen MR) is 84.6 cm³/mol. The number of aromatic amines is 1. The van der Waals surface area contributed by atoms with Crippen molar-refractivity contribution in [3.63, 3.8) is 0 Å². The number of rotatable bonds is 3. The molecule has 4 rings (SSSR count). The van der Waals surface area contributed by atoms with E-state index < -0.39 is 0 Å².